The molecule has 1 aromatic heterocycles. The van der Waals surface area contributed by atoms with Gasteiger partial charge in [0.2, 0.25) is 0 Å². The molecule has 1 saturated heterocycles. The van der Waals surface area contributed by atoms with Gasteiger partial charge in [-0.25, -0.2) is 4.98 Å². The Bertz CT molecular complexity index is 413. The molecule has 3 atom stereocenters. The number of nitrogens with two attached hydrogens (primary N) is 1. The Morgan fingerprint density at radius 2 is 2.16 bits per heavy atom. The Labute approximate surface area is 116 Å². The number of fused-ring (bicyclic) bond motifs is 1. The minimum Gasteiger partial charge on any atom is -0.353 e. The van der Waals surface area contributed by atoms with E-state index in [4.69, 9.17) is 5.73 Å². The SMILES string of the molecule is CC(N)Cc1ccc(N2CCC3CCCCC32)nc1. The number of anilines is 1. The van der Waals surface area contributed by atoms with Crippen molar-refractivity contribution < 1.29 is 0 Å². The van der Waals surface area contributed by atoms with E-state index in [-0.39, 0.29) is 6.04 Å². The van der Waals surface area contributed by atoms with Gasteiger partial charge >= 0.3 is 0 Å². The van der Waals surface area contributed by atoms with E-state index in [0.29, 0.717) is 0 Å². The standard InChI is InChI=1S/C16H25N3/c1-12(17)10-13-6-7-16(18-11-13)19-9-8-14-4-2-3-5-15(14)19/h6-7,11-12,14-15H,2-5,8-10,17H2,1H3. The van der Waals surface area contributed by atoms with Crippen molar-refractivity contribution in [3.8, 4) is 0 Å². The molecule has 104 valence electrons. The molecule has 1 aliphatic heterocycles. The smallest absolute Gasteiger partial charge is 0.128 e. The van der Waals surface area contributed by atoms with Crippen molar-refractivity contribution in [1.29, 1.82) is 0 Å². The molecular formula is C16H25N3. The van der Waals surface area contributed by atoms with E-state index in [0.717, 1.165) is 18.4 Å². The summed E-state index contributed by atoms with van der Waals surface area (Å²) in [5.74, 6) is 2.09. The lowest BCUT2D eigenvalue weighted by Gasteiger charge is -2.32. The summed E-state index contributed by atoms with van der Waals surface area (Å²) in [6, 6.07) is 5.35. The van der Waals surface area contributed by atoms with Crippen LogP contribution in [0.3, 0.4) is 0 Å². The molecule has 19 heavy (non-hydrogen) atoms. The Hall–Kier alpha value is -1.09. The zero-order valence-corrected chi connectivity index (χ0v) is 11.9. The lowest BCUT2D eigenvalue weighted by atomic mass is 9.85. The van der Waals surface area contributed by atoms with Crippen LogP contribution in [0.5, 0.6) is 0 Å². The summed E-state index contributed by atoms with van der Waals surface area (Å²) < 4.78 is 0. The van der Waals surface area contributed by atoms with Crippen molar-refractivity contribution in [3.63, 3.8) is 0 Å². The Balaban J connectivity index is 1.71. The molecule has 0 amide bonds. The van der Waals surface area contributed by atoms with Gasteiger partial charge in [0.05, 0.1) is 0 Å². The molecule has 1 saturated carbocycles. The fourth-order valence-electron chi connectivity index (χ4n) is 3.77. The summed E-state index contributed by atoms with van der Waals surface area (Å²) in [7, 11) is 0. The first-order chi connectivity index (χ1) is 9.24. The molecule has 2 N–H and O–H groups in total. The van der Waals surface area contributed by atoms with Crippen LogP contribution in [0.4, 0.5) is 5.82 Å². The Morgan fingerprint density at radius 1 is 1.32 bits per heavy atom. The molecule has 0 bridgehead atoms. The van der Waals surface area contributed by atoms with Crippen LogP contribution < -0.4 is 10.6 Å². The Morgan fingerprint density at radius 3 is 2.89 bits per heavy atom. The molecule has 2 heterocycles. The van der Waals surface area contributed by atoms with Crippen LogP contribution in [-0.4, -0.2) is 23.6 Å². The van der Waals surface area contributed by atoms with Crippen molar-refractivity contribution in [2.24, 2.45) is 11.7 Å². The van der Waals surface area contributed by atoms with Gasteiger partial charge in [-0.3, -0.25) is 0 Å². The van der Waals surface area contributed by atoms with Crippen molar-refractivity contribution in [2.45, 2.75) is 57.5 Å². The van der Waals surface area contributed by atoms with Gasteiger partial charge in [-0.1, -0.05) is 18.9 Å². The first-order valence-electron chi connectivity index (χ1n) is 7.71. The first kappa shape index (κ1) is 12.9. The van der Waals surface area contributed by atoms with Crippen LogP contribution in [0.25, 0.3) is 0 Å². The van der Waals surface area contributed by atoms with E-state index in [9.17, 15) is 0 Å². The summed E-state index contributed by atoms with van der Waals surface area (Å²) in [4.78, 5) is 7.22. The number of aromatic nitrogens is 1. The lowest BCUT2D eigenvalue weighted by Crippen LogP contribution is -2.35. The third-order valence-electron chi connectivity index (χ3n) is 4.67. The quantitative estimate of drug-likeness (QED) is 0.907. The topological polar surface area (TPSA) is 42.1 Å². The van der Waals surface area contributed by atoms with Gasteiger partial charge in [0.15, 0.2) is 0 Å². The molecule has 1 aromatic rings. The second-order valence-corrected chi connectivity index (χ2v) is 6.30. The van der Waals surface area contributed by atoms with Gasteiger partial charge in [0.1, 0.15) is 5.82 Å². The van der Waals surface area contributed by atoms with Crippen molar-refractivity contribution >= 4 is 5.82 Å². The van der Waals surface area contributed by atoms with E-state index < -0.39 is 0 Å². The maximum absolute atomic E-state index is 5.83. The average molecular weight is 259 g/mol. The molecule has 3 unspecified atom stereocenters. The normalized spacial score (nSPS) is 28.2. The van der Waals surface area contributed by atoms with Crippen LogP contribution in [-0.2, 0) is 6.42 Å². The Kier molecular flexibility index (Phi) is 3.74. The second-order valence-electron chi connectivity index (χ2n) is 6.30. The van der Waals surface area contributed by atoms with Crippen LogP contribution >= 0.6 is 0 Å². The van der Waals surface area contributed by atoms with Gasteiger partial charge in [0.25, 0.3) is 0 Å². The molecule has 3 heteroatoms. The zero-order valence-electron chi connectivity index (χ0n) is 11.9. The largest absolute Gasteiger partial charge is 0.353 e. The third-order valence-corrected chi connectivity index (χ3v) is 4.67. The summed E-state index contributed by atoms with van der Waals surface area (Å²) in [6.07, 6.45) is 9.87. The summed E-state index contributed by atoms with van der Waals surface area (Å²) >= 11 is 0. The van der Waals surface area contributed by atoms with E-state index >= 15 is 0 Å². The van der Waals surface area contributed by atoms with Gasteiger partial charge in [-0.05, 0) is 50.2 Å². The van der Waals surface area contributed by atoms with Gasteiger partial charge < -0.3 is 10.6 Å². The van der Waals surface area contributed by atoms with Gasteiger partial charge in [-0.2, -0.15) is 0 Å². The molecule has 3 rings (SSSR count). The number of pyridine rings is 1. The third kappa shape index (κ3) is 2.76. The molecule has 2 fully saturated rings. The van der Waals surface area contributed by atoms with Crippen molar-refractivity contribution in [3.05, 3.63) is 23.9 Å². The number of rotatable bonds is 3. The maximum Gasteiger partial charge on any atom is 0.128 e. The zero-order chi connectivity index (χ0) is 13.2. The second kappa shape index (κ2) is 5.49. The predicted octanol–water partition coefficient (Wildman–Crippen LogP) is 2.74. The number of nitrogens with zero attached hydrogens (tertiary/aromatic N) is 2. The van der Waals surface area contributed by atoms with Crippen LogP contribution in [0.1, 0.15) is 44.6 Å². The van der Waals surface area contributed by atoms with Crippen molar-refractivity contribution in [1.82, 2.24) is 4.98 Å². The highest BCUT2D eigenvalue weighted by atomic mass is 15.2. The van der Waals surface area contributed by atoms with Gasteiger partial charge in [0, 0.05) is 24.8 Å². The first-order valence-corrected chi connectivity index (χ1v) is 7.71. The van der Waals surface area contributed by atoms with Crippen LogP contribution in [0, 0.1) is 5.92 Å². The minimum absolute atomic E-state index is 0.210. The summed E-state index contributed by atoms with van der Waals surface area (Å²) in [5.41, 5.74) is 7.08. The maximum atomic E-state index is 5.83. The van der Waals surface area contributed by atoms with E-state index in [2.05, 4.69) is 22.0 Å². The highest BCUT2D eigenvalue weighted by Gasteiger charge is 2.36. The van der Waals surface area contributed by atoms with E-state index in [1.807, 2.05) is 13.1 Å². The fourth-order valence-corrected chi connectivity index (χ4v) is 3.77. The lowest BCUT2D eigenvalue weighted by molar-refractivity contribution is 0.341. The highest BCUT2D eigenvalue weighted by molar-refractivity contribution is 5.42. The molecule has 2 aliphatic rings. The molecule has 0 aromatic carbocycles. The van der Waals surface area contributed by atoms with Crippen LogP contribution in [0.15, 0.2) is 18.3 Å². The monoisotopic (exact) mass is 259 g/mol. The summed E-state index contributed by atoms with van der Waals surface area (Å²) in [5, 5.41) is 0. The molecule has 0 spiro atoms. The molecular weight excluding hydrogens is 234 g/mol. The number of hydrogen-bond donors (Lipinski definition) is 1. The molecule has 3 nitrogen and oxygen atoms in total. The predicted molar refractivity (Wildman–Crippen MR) is 79.3 cm³/mol. The van der Waals surface area contributed by atoms with E-state index in [1.54, 1.807) is 0 Å². The van der Waals surface area contributed by atoms with Crippen molar-refractivity contribution in [2.75, 3.05) is 11.4 Å². The number of hydrogen-bond acceptors (Lipinski definition) is 3. The van der Waals surface area contributed by atoms with Crippen LogP contribution in [0.2, 0.25) is 0 Å². The summed E-state index contributed by atoms with van der Waals surface area (Å²) in [6.45, 7) is 3.23. The fraction of sp³-hybridized carbons (Fsp3) is 0.688. The van der Waals surface area contributed by atoms with E-state index in [1.165, 1.54) is 50.0 Å². The minimum atomic E-state index is 0.210. The molecule has 1 aliphatic carbocycles. The molecule has 0 radical (unpaired) electrons. The van der Waals surface area contributed by atoms with Gasteiger partial charge in [-0.15, -0.1) is 0 Å². The highest BCUT2D eigenvalue weighted by Crippen LogP contribution is 2.38. The average Bonchev–Trinajstić information content (AvgIpc) is 2.83.